The molecule has 0 saturated carbocycles. The summed E-state index contributed by atoms with van der Waals surface area (Å²) in [5.74, 6) is 2.16. The van der Waals surface area contributed by atoms with Crippen molar-refractivity contribution in [2.75, 3.05) is 12.8 Å². The van der Waals surface area contributed by atoms with E-state index in [0.717, 1.165) is 5.75 Å². The molecule has 0 aliphatic carbocycles. The van der Waals surface area contributed by atoms with Crippen LogP contribution in [0.2, 0.25) is 0 Å². The van der Waals surface area contributed by atoms with Gasteiger partial charge in [0.25, 0.3) is 0 Å². The molecular weight excluding hydrogens is 208 g/mol. The topological polar surface area (TPSA) is 70.5 Å². The van der Waals surface area contributed by atoms with Gasteiger partial charge >= 0.3 is 0 Å². The van der Waals surface area contributed by atoms with E-state index < -0.39 is 0 Å². The fraction of sp³-hybridized carbons (Fsp3) is 0.182. The van der Waals surface area contributed by atoms with E-state index in [1.165, 1.54) is 6.20 Å². The van der Waals surface area contributed by atoms with Crippen LogP contribution in [0.1, 0.15) is 5.89 Å². The van der Waals surface area contributed by atoms with Gasteiger partial charge in [0.2, 0.25) is 11.8 Å². The number of hydrogen-bond donors (Lipinski definition) is 1. The zero-order valence-electron chi connectivity index (χ0n) is 8.84. The highest BCUT2D eigenvalue weighted by atomic mass is 16.5. The third-order valence-corrected chi connectivity index (χ3v) is 1.97. The van der Waals surface area contributed by atoms with Crippen molar-refractivity contribution < 1.29 is 13.9 Å². The average molecular weight is 220 g/mol. The highest BCUT2D eigenvalue weighted by molar-refractivity contribution is 5.32. The van der Waals surface area contributed by atoms with Crippen molar-refractivity contribution in [3.8, 4) is 11.5 Å². The molecule has 5 heteroatoms. The van der Waals surface area contributed by atoms with Crippen molar-refractivity contribution in [1.29, 1.82) is 0 Å². The van der Waals surface area contributed by atoms with E-state index in [-0.39, 0.29) is 12.5 Å². The standard InChI is InChI=1S/C11H12N2O3/c1-14-8-3-2-4-9(5-8)15-7-11-13-6-10(12)16-11/h2-6H,7,12H2,1H3. The summed E-state index contributed by atoms with van der Waals surface area (Å²) in [7, 11) is 1.61. The Morgan fingerprint density at radius 1 is 1.38 bits per heavy atom. The van der Waals surface area contributed by atoms with Gasteiger partial charge in [0, 0.05) is 6.07 Å². The van der Waals surface area contributed by atoms with E-state index in [2.05, 4.69) is 4.98 Å². The summed E-state index contributed by atoms with van der Waals surface area (Å²) < 4.78 is 15.6. The van der Waals surface area contributed by atoms with E-state index in [0.29, 0.717) is 11.6 Å². The number of nitrogens with two attached hydrogens (primary N) is 1. The highest BCUT2D eigenvalue weighted by Gasteiger charge is 2.02. The number of anilines is 1. The predicted octanol–water partition coefficient (Wildman–Crippen LogP) is 1.84. The first-order valence-electron chi connectivity index (χ1n) is 4.75. The van der Waals surface area contributed by atoms with Gasteiger partial charge in [0.05, 0.1) is 13.3 Å². The second kappa shape index (κ2) is 4.57. The molecule has 0 spiro atoms. The second-order valence-corrected chi connectivity index (χ2v) is 3.12. The van der Waals surface area contributed by atoms with Gasteiger partial charge in [0.15, 0.2) is 6.61 Å². The van der Waals surface area contributed by atoms with Gasteiger partial charge in [-0.05, 0) is 12.1 Å². The summed E-state index contributed by atoms with van der Waals surface area (Å²) in [6, 6.07) is 7.30. The largest absolute Gasteiger partial charge is 0.497 e. The van der Waals surface area contributed by atoms with Gasteiger partial charge in [-0.15, -0.1) is 0 Å². The number of methoxy groups -OCH3 is 1. The van der Waals surface area contributed by atoms with Crippen molar-refractivity contribution in [3.05, 3.63) is 36.4 Å². The number of hydrogen-bond acceptors (Lipinski definition) is 5. The number of aromatic nitrogens is 1. The second-order valence-electron chi connectivity index (χ2n) is 3.12. The van der Waals surface area contributed by atoms with Crippen LogP contribution in [0.4, 0.5) is 5.88 Å². The van der Waals surface area contributed by atoms with Crippen LogP contribution in [0.15, 0.2) is 34.9 Å². The molecular formula is C11H12N2O3. The van der Waals surface area contributed by atoms with Crippen molar-refractivity contribution in [2.24, 2.45) is 0 Å². The third-order valence-electron chi connectivity index (χ3n) is 1.97. The van der Waals surface area contributed by atoms with Gasteiger partial charge in [-0.3, -0.25) is 0 Å². The number of ether oxygens (including phenoxy) is 2. The van der Waals surface area contributed by atoms with Crippen molar-refractivity contribution in [1.82, 2.24) is 4.98 Å². The lowest BCUT2D eigenvalue weighted by atomic mass is 10.3. The summed E-state index contributed by atoms with van der Waals surface area (Å²) in [6.07, 6.45) is 1.45. The van der Waals surface area contributed by atoms with Gasteiger partial charge < -0.3 is 19.6 Å². The number of rotatable bonds is 4. The molecule has 1 aromatic heterocycles. The van der Waals surface area contributed by atoms with E-state index in [9.17, 15) is 0 Å². The van der Waals surface area contributed by atoms with Crippen LogP contribution in [0, 0.1) is 0 Å². The normalized spacial score (nSPS) is 10.1. The molecule has 16 heavy (non-hydrogen) atoms. The average Bonchev–Trinajstić information content (AvgIpc) is 2.73. The minimum atomic E-state index is 0.240. The van der Waals surface area contributed by atoms with E-state index in [1.54, 1.807) is 13.2 Å². The molecule has 0 radical (unpaired) electrons. The first-order valence-corrected chi connectivity index (χ1v) is 4.75. The van der Waals surface area contributed by atoms with Crippen molar-refractivity contribution in [3.63, 3.8) is 0 Å². The first kappa shape index (κ1) is 10.4. The number of nitrogen functional groups attached to an aromatic ring is 1. The molecule has 0 bridgehead atoms. The summed E-state index contributed by atoms with van der Waals surface area (Å²) in [6.45, 7) is 0.240. The summed E-state index contributed by atoms with van der Waals surface area (Å²) in [4.78, 5) is 3.93. The van der Waals surface area contributed by atoms with E-state index in [4.69, 9.17) is 19.6 Å². The first-order chi connectivity index (χ1) is 7.78. The molecule has 5 nitrogen and oxygen atoms in total. The molecule has 0 aliphatic heterocycles. The molecule has 0 atom stereocenters. The summed E-state index contributed by atoms with van der Waals surface area (Å²) in [5.41, 5.74) is 5.39. The molecule has 84 valence electrons. The van der Waals surface area contributed by atoms with Crippen LogP contribution in [0.25, 0.3) is 0 Å². The van der Waals surface area contributed by atoms with Gasteiger partial charge in [0.1, 0.15) is 11.5 Å². The van der Waals surface area contributed by atoms with Crippen LogP contribution in [0.3, 0.4) is 0 Å². The molecule has 2 N–H and O–H groups in total. The van der Waals surface area contributed by atoms with Crippen molar-refractivity contribution in [2.45, 2.75) is 6.61 Å². The smallest absolute Gasteiger partial charge is 0.234 e. The molecule has 1 heterocycles. The zero-order valence-corrected chi connectivity index (χ0v) is 8.84. The Balaban J connectivity index is 1.99. The van der Waals surface area contributed by atoms with Crippen molar-refractivity contribution >= 4 is 5.88 Å². The Bertz CT molecular complexity index is 468. The predicted molar refractivity (Wildman–Crippen MR) is 58.2 cm³/mol. The number of nitrogens with zero attached hydrogens (tertiary/aromatic N) is 1. The summed E-state index contributed by atoms with van der Waals surface area (Å²) in [5, 5.41) is 0. The minimum Gasteiger partial charge on any atom is -0.497 e. The molecule has 2 aromatic rings. The Morgan fingerprint density at radius 2 is 2.19 bits per heavy atom. The molecule has 2 rings (SSSR count). The lowest BCUT2D eigenvalue weighted by Crippen LogP contribution is -1.95. The molecule has 0 unspecified atom stereocenters. The Morgan fingerprint density at radius 3 is 2.88 bits per heavy atom. The van der Waals surface area contributed by atoms with Crippen LogP contribution >= 0.6 is 0 Å². The zero-order chi connectivity index (χ0) is 11.4. The van der Waals surface area contributed by atoms with Crippen LogP contribution in [0.5, 0.6) is 11.5 Å². The van der Waals surface area contributed by atoms with E-state index >= 15 is 0 Å². The lowest BCUT2D eigenvalue weighted by molar-refractivity contribution is 0.263. The monoisotopic (exact) mass is 220 g/mol. The fourth-order valence-corrected chi connectivity index (χ4v) is 1.23. The maximum absolute atomic E-state index is 5.46. The maximum atomic E-state index is 5.46. The fourth-order valence-electron chi connectivity index (χ4n) is 1.23. The number of oxazole rings is 1. The summed E-state index contributed by atoms with van der Waals surface area (Å²) >= 11 is 0. The lowest BCUT2D eigenvalue weighted by Gasteiger charge is -2.05. The Kier molecular flexibility index (Phi) is 2.95. The van der Waals surface area contributed by atoms with Crippen LogP contribution in [-0.2, 0) is 6.61 Å². The Hall–Kier alpha value is -2.17. The molecule has 0 amide bonds. The highest BCUT2D eigenvalue weighted by Crippen LogP contribution is 2.19. The SMILES string of the molecule is COc1cccc(OCc2ncc(N)o2)c1. The molecule has 1 aromatic carbocycles. The van der Waals surface area contributed by atoms with Gasteiger partial charge in [-0.2, -0.15) is 0 Å². The quantitative estimate of drug-likeness (QED) is 0.851. The van der Waals surface area contributed by atoms with Gasteiger partial charge in [-0.1, -0.05) is 6.07 Å². The molecule has 0 saturated heterocycles. The Labute approximate surface area is 92.8 Å². The minimum absolute atomic E-state index is 0.240. The van der Waals surface area contributed by atoms with Crippen LogP contribution < -0.4 is 15.2 Å². The van der Waals surface area contributed by atoms with Crippen LogP contribution in [-0.4, -0.2) is 12.1 Å². The molecule has 0 fully saturated rings. The third kappa shape index (κ3) is 2.44. The van der Waals surface area contributed by atoms with Gasteiger partial charge in [-0.25, -0.2) is 4.98 Å². The maximum Gasteiger partial charge on any atom is 0.234 e. The number of benzene rings is 1. The molecule has 0 aliphatic rings. The van der Waals surface area contributed by atoms with E-state index in [1.807, 2.05) is 18.2 Å².